The number of benzene rings is 3. The molecular formula is C23H27N3O3S. The predicted octanol–water partition coefficient (Wildman–Crippen LogP) is 3.69. The molecule has 3 rings (SSSR count). The summed E-state index contributed by atoms with van der Waals surface area (Å²) in [6, 6.07) is 19.0. The Kier molecular flexibility index (Phi) is 6.55. The van der Waals surface area contributed by atoms with Crippen molar-refractivity contribution >= 4 is 32.4 Å². The normalized spacial score (nSPS) is 12.8. The van der Waals surface area contributed by atoms with E-state index in [2.05, 4.69) is 34.9 Å². The van der Waals surface area contributed by atoms with Crippen LogP contribution in [0.2, 0.25) is 0 Å². The van der Waals surface area contributed by atoms with Crippen LogP contribution in [0.15, 0.2) is 65.6 Å². The van der Waals surface area contributed by atoms with Crippen molar-refractivity contribution in [1.29, 1.82) is 0 Å². The van der Waals surface area contributed by atoms with Gasteiger partial charge in [0, 0.05) is 25.8 Å². The predicted molar refractivity (Wildman–Crippen MR) is 121 cm³/mol. The summed E-state index contributed by atoms with van der Waals surface area (Å²) in [5.41, 5.74) is 2.40. The molecule has 0 aliphatic rings. The molecule has 0 aliphatic carbocycles. The highest BCUT2D eigenvalue weighted by molar-refractivity contribution is 7.89. The molecule has 3 aromatic rings. The van der Waals surface area contributed by atoms with Crippen molar-refractivity contribution < 1.29 is 13.2 Å². The van der Waals surface area contributed by atoms with E-state index in [0.717, 1.165) is 26.2 Å². The van der Waals surface area contributed by atoms with Gasteiger partial charge in [-0.1, -0.05) is 48.5 Å². The average molecular weight is 426 g/mol. The summed E-state index contributed by atoms with van der Waals surface area (Å²) < 4.78 is 25.9. The molecule has 0 aliphatic heterocycles. The highest BCUT2D eigenvalue weighted by Crippen LogP contribution is 2.24. The SMILES string of the molecule is Cc1ccc(S(=O)(=O)N(C)C)cc1NC(=O)CN[C@H](C)c1cccc2ccccc12. The molecule has 6 nitrogen and oxygen atoms in total. The van der Waals surface area contributed by atoms with E-state index in [1.165, 1.54) is 20.2 Å². The van der Waals surface area contributed by atoms with Crippen LogP contribution in [0, 0.1) is 6.92 Å². The zero-order valence-corrected chi connectivity index (χ0v) is 18.5. The van der Waals surface area contributed by atoms with Crippen LogP contribution in [-0.2, 0) is 14.8 Å². The van der Waals surface area contributed by atoms with Crippen molar-refractivity contribution in [3.05, 3.63) is 71.8 Å². The Morgan fingerprint density at radius 2 is 1.73 bits per heavy atom. The standard InChI is InChI=1S/C23H27N3O3S/c1-16-12-13-19(30(28,29)26(3)4)14-22(16)25-23(27)15-24-17(2)20-11-7-9-18-8-5-6-10-21(18)20/h5-14,17,24H,15H2,1-4H3,(H,25,27)/t17-/m1/s1. The first-order valence-electron chi connectivity index (χ1n) is 9.74. The first-order chi connectivity index (χ1) is 14.2. The Hall–Kier alpha value is -2.74. The lowest BCUT2D eigenvalue weighted by molar-refractivity contribution is -0.115. The molecule has 30 heavy (non-hydrogen) atoms. The van der Waals surface area contributed by atoms with Crippen LogP contribution in [0.1, 0.15) is 24.1 Å². The number of fused-ring (bicyclic) bond motifs is 1. The Labute approximate surface area is 178 Å². The molecule has 0 aromatic heterocycles. The number of carbonyl (C=O) groups excluding carboxylic acids is 1. The largest absolute Gasteiger partial charge is 0.325 e. The van der Waals surface area contributed by atoms with Crippen molar-refractivity contribution in [2.24, 2.45) is 0 Å². The van der Waals surface area contributed by atoms with Crippen LogP contribution in [0.5, 0.6) is 0 Å². The summed E-state index contributed by atoms with van der Waals surface area (Å²) >= 11 is 0. The first kappa shape index (κ1) is 22.0. The van der Waals surface area contributed by atoms with Gasteiger partial charge in [-0.3, -0.25) is 4.79 Å². The summed E-state index contributed by atoms with van der Waals surface area (Å²) in [5.74, 6) is -0.232. The fourth-order valence-corrected chi connectivity index (χ4v) is 4.21. The molecule has 0 saturated heterocycles. The van der Waals surface area contributed by atoms with Gasteiger partial charge in [-0.15, -0.1) is 0 Å². The Morgan fingerprint density at radius 1 is 1.03 bits per heavy atom. The highest BCUT2D eigenvalue weighted by atomic mass is 32.2. The third-order valence-corrected chi connectivity index (χ3v) is 6.93. The quantitative estimate of drug-likeness (QED) is 0.605. The molecule has 0 heterocycles. The summed E-state index contributed by atoms with van der Waals surface area (Å²) in [7, 11) is -0.612. The van der Waals surface area contributed by atoms with E-state index in [0.29, 0.717) is 5.69 Å². The molecule has 2 N–H and O–H groups in total. The molecule has 7 heteroatoms. The van der Waals surface area contributed by atoms with Gasteiger partial charge >= 0.3 is 0 Å². The van der Waals surface area contributed by atoms with E-state index >= 15 is 0 Å². The maximum Gasteiger partial charge on any atom is 0.242 e. The second kappa shape index (κ2) is 8.95. The topological polar surface area (TPSA) is 78.5 Å². The molecule has 0 spiro atoms. The van der Waals surface area contributed by atoms with Gasteiger partial charge in [0.15, 0.2) is 0 Å². The Morgan fingerprint density at radius 3 is 2.47 bits per heavy atom. The molecule has 0 unspecified atom stereocenters. The molecule has 3 aromatic carbocycles. The summed E-state index contributed by atoms with van der Waals surface area (Å²) in [4.78, 5) is 12.7. The van der Waals surface area contributed by atoms with Crippen molar-refractivity contribution in [3.63, 3.8) is 0 Å². The first-order valence-corrected chi connectivity index (χ1v) is 11.2. The van der Waals surface area contributed by atoms with E-state index in [4.69, 9.17) is 0 Å². The maximum atomic E-state index is 12.5. The van der Waals surface area contributed by atoms with E-state index < -0.39 is 10.0 Å². The van der Waals surface area contributed by atoms with Gasteiger partial charge in [-0.05, 0) is 47.9 Å². The average Bonchev–Trinajstić information content (AvgIpc) is 2.73. The second-order valence-corrected chi connectivity index (χ2v) is 9.64. The molecular weight excluding hydrogens is 398 g/mol. The third kappa shape index (κ3) is 4.70. The minimum atomic E-state index is -3.57. The van der Waals surface area contributed by atoms with Gasteiger partial charge in [0.1, 0.15) is 0 Å². The lowest BCUT2D eigenvalue weighted by atomic mass is 10.00. The fourth-order valence-electron chi connectivity index (χ4n) is 3.29. The number of hydrogen-bond acceptors (Lipinski definition) is 4. The number of sulfonamides is 1. The van der Waals surface area contributed by atoms with Crippen LogP contribution in [0.4, 0.5) is 5.69 Å². The minimum absolute atomic E-state index is 0.0246. The van der Waals surface area contributed by atoms with Gasteiger partial charge in [-0.2, -0.15) is 0 Å². The molecule has 1 atom stereocenters. The highest BCUT2D eigenvalue weighted by Gasteiger charge is 2.19. The molecule has 1 amide bonds. The number of aryl methyl sites for hydroxylation is 1. The summed E-state index contributed by atoms with van der Waals surface area (Å²) in [6.07, 6.45) is 0. The van der Waals surface area contributed by atoms with Crippen LogP contribution in [0.25, 0.3) is 10.8 Å². The number of rotatable bonds is 7. The lowest BCUT2D eigenvalue weighted by Gasteiger charge is -2.17. The monoisotopic (exact) mass is 425 g/mol. The Bertz CT molecular complexity index is 1170. The summed E-state index contributed by atoms with van der Waals surface area (Å²) in [6.45, 7) is 3.95. The van der Waals surface area contributed by atoms with Crippen molar-refractivity contribution in [2.75, 3.05) is 26.0 Å². The number of nitrogens with one attached hydrogen (secondary N) is 2. The zero-order valence-electron chi connectivity index (χ0n) is 17.6. The van der Waals surface area contributed by atoms with Crippen LogP contribution in [-0.4, -0.2) is 39.3 Å². The van der Waals surface area contributed by atoms with Crippen LogP contribution >= 0.6 is 0 Å². The molecule has 0 bridgehead atoms. The molecule has 0 fully saturated rings. The van der Waals surface area contributed by atoms with Gasteiger partial charge in [0.05, 0.1) is 11.4 Å². The number of nitrogens with zero attached hydrogens (tertiary/aromatic N) is 1. The van der Waals surface area contributed by atoms with E-state index in [-0.39, 0.29) is 23.4 Å². The van der Waals surface area contributed by atoms with Crippen LogP contribution in [0.3, 0.4) is 0 Å². The van der Waals surface area contributed by atoms with Gasteiger partial charge in [-0.25, -0.2) is 12.7 Å². The number of carbonyl (C=O) groups is 1. The van der Waals surface area contributed by atoms with Crippen molar-refractivity contribution in [2.45, 2.75) is 24.8 Å². The van der Waals surface area contributed by atoms with Crippen molar-refractivity contribution in [1.82, 2.24) is 9.62 Å². The lowest BCUT2D eigenvalue weighted by Crippen LogP contribution is -2.30. The van der Waals surface area contributed by atoms with Crippen molar-refractivity contribution in [3.8, 4) is 0 Å². The fraction of sp³-hybridized carbons (Fsp3) is 0.261. The molecule has 0 saturated carbocycles. The number of hydrogen-bond donors (Lipinski definition) is 2. The summed E-state index contributed by atoms with van der Waals surface area (Å²) in [5, 5.41) is 8.38. The minimum Gasteiger partial charge on any atom is -0.325 e. The molecule has 0 radical (unpaired) electrons. The van der Waals surface area contributed by atoms with Crippen LogP contribution < -0.4 is 10.6 Å². The van der Waals surface area contributed by atoms with Gasteiger partial charge in [0.25, 0.3) is 0 Å². The van der Waals surface area contributed by atoms with E-state index in [1.807, 2.05) is 32.0 Å². The molecule has 158 valence electrons. The van der Waals surface area contributed by atoms with Gasteiger partial charge in [0.2, 0.25) is 15.9 Å². The van der Waals surface area contributed by atoms with E-state index in [1.54, 1.807) is 12.1 Å². The second-order valence-electron chi connectivity index (χ2n) is 7.48. The van der Waals surface area contributed by atoms with Gasteiger partial charge < -0.3 is 10.6 Å². The Balaban J connectivity index is 1.70. The smallest absolute Gasteiger partial charge is 0.242 e. The zero-order chi connectivity index (χ0) is 21.9. The number of anilines is 1. The maximum absolute atomic E-state index is 12.5. The third-order valence-electron chi connectivity index (χ3n) is 5.12. The number of amides is 1. The van der Waals surface area contributed by atoms with E-state index in [9.17, 15) is 13.2 Å².